The Morgan fingerprint density at radius 1 is 1.12 bits per heavy atom. The van der Waals surface area contributed by atoms with E-state index in [9.17, 15) is 4.79 Å². The number of nitrogens with zero attached hydrogens (tertiary/aromatic N) is 3. The molecular formula is C19H16ClN3O2. The van der Waals surface area contributed by atoms with Crippen LogP contribution in [0, 0.1) is 6.92 Å². The summed E-state index contributed by atoms with van der Waals surface area (Å²) in [6.07, 6.45) is 0. The van der Waals surface area contributed by atoms with E-state index >= 15 is 0 Å². The maximum Gasteiger partial charge on any atom is 0.277 e. The molecule has 0 unspecified atom stereocenters. The second-order valence-corrected chi connectivity index (χ2v) is 6.31. The third-order valence-electron chi connectivity index (χ3n) is 4.46. The van der Waals surface area contributed by atoms with Crippen LogP contribution in [0.2, 0.25) is 5.02 Å². The third kappa shape index (κ3) is 2.23. The molecule has 0 aliphatic rings. The summed E-state index contributed by atoms with van der Waals surface area (Å²) in [6.45, 7) is 1.84. The fraction of sp³-hybridized carbons (Fsp3) is 0.158. The molecule has 0 atom stereocenters. The highest BCUT2D eigenvalue weighted by Crippen LogP contribution is 2.31. The zero-order valence-electron chi connectivity index (χ0n) is 14.1. The van der Waals surface area contributed by atoms with Crippen LogP contribution in [0.15, 0.2) is 47.3 Å². The average Bonchev–Trinajstić information content (AvgIpc) is 2.97. The van der Waals surface area contributed by atoms with E-state index in [-0.39, 0.29) is 5.56 Å². The van der Waals surface area contributed by atoms with E-state index in [1.165, 1.54) is 0 Å². The standard InChI is InChI=1S/C19H16ClN3O2/c1-11-17-19(24)22(2)16-10-12(25-3)8-9-15(16)23(17)18(21-11)13-6-4-5-7-14(13)20/h4-10H,1-3H3. The Morgan fingerprint density at radius 3 is 2.60 bits per heavy atom. The number of aryl methyl sites for hydroxylation is 2. The summed E-state index contributed by atoms with van der Waals surface area (Å²) in [5.41, 5.74) is 3.54. The highest BCUT2D eigenvalue weighted by Gasteiger charge is 2.19. The number of aromatic nitrogens is 3. The van der Waals surface area contributed by atoms with Gasteiger partial charge in [0.2, 0.25) is 0 Å². The lowest BCUT2D eigenvalue weighted by Crippen LogP contribution is -2.20. The second kappa shape index (κ2) is 5.63. The van der Waals surface area contributed by atoms with Gasteiger partial charge in [0.05, 0.1) is 28.9 Å². The monoisotopic (exact) mass is 353 g/mol. The molecule has 4 rings (SSSR count). The molecule has 2 heterocycles. The van der Waals surface area contributed by atoms with Gasteiger partial charge >= 0.3 is 0 Å². The van der Waals surface area contributed by atoms with Crippen molar-refractivity contribution in [2.24, 2.45) is 7.05 Å². The lowest BCUT2D eigenvalue weighted by molar-refractivity contribution is 0.415. The van der Waals surface area contributed by atoms with Crippen LogP contribution in [0.1, 0.15) is 5.69 Å². The number of hydrogen-bond acceptors (Lipinski definition) is 3. The molecule has 6 heteroatoms. The Labute approximate surface area is 149 Å². The van der Waals surface area contributed by atoms with Crippen molar-refractivity contribution in [1.29, 1.82) is 0 Å². The van der Waals surface area contributed by atoms with E-state index < -0.39 is 0 Å². The highest BCUT2D eigenvalue weighted by atomic mass is 35.5. The van der Waals surface area contributed by atoms with Gasteiger partial charge in [-0.15, -0.1) is 0 Å². The topological polar surface area (TPSA) is 48.5 Å². The molecule has 126 valence electrons. The van der Waals surface area contributed by atoms with E-state index in [0.29, 0.717) is 27.8 Å². The Kier molecular flexibility index (Phi) is 3.54. The molecule has 0 amide bonds. The number of methoxy groups -OCH3 is 1. The lowest BCUT2D eigenvalue weighted by Gasteiger charge is -2.12. The highest BCUT2D eigenvalue weighted by molar-refractivity contribution is 6.33. The molecule has 0 saturated heterocycles. The molecule has 5 nitrogen and oxygen atoms in total. The summed E-state index contributed by atoms with van der Waals surface area (Å²) in [4.78, 5) is 17.6. The molecule has 0 aliphatic carbocycles. The second-order valence-electron chi connectivity index (χ2n) is 5.90. The van der Waals surface area contributed by atoms with Crippen LogP contribution in [0.25, 0.3) is 27.9 Å². The first-order valence-corrected chi connectivity index (χ1v) is 8.21. The van der Waals surface area contributed by atoms with E-state index in [4.69, 9.17) is 16.3 Å². The van der Waals surface area contributed by atoms with Gasteiger partial charge in [-0.3, -0.25) is 9.20 Å². The molecule has 0 N–H and O–H groups in total. The van der Waals surface area contributed by atoms with Crippen LogP contribution in [0.5, 0.6) is 5.75 Å². The van der Waals surface area contributed by atoms with Crippen molar-refractivity contribution in [3.8, 4) is 17.1 Å². The minimum atomic E-state index is -0.107. The van der Waals surface area contributed by atoms with Crippen LogP contribution in [-0.4, -0.2) is 21.1 Å². The lowest BCUT2D eigenvalue weighted by atomic mass is 10.2. The first-order chi connectivity index (χ1) is 12.0. The first-order valence-electron chi connectivity index (χ1n) is 7.83. The molecule has 0 spiro atoms. The number of fused-ring (bicyclic) bond motifs is 3. The zero-order valence-corrected chi connectivity index (χ0v) is 14.8. The maximum absolute atomic E-state index is 12.9. The van der Waals surface area contributed by atoms with Crippen molar-refractivity contribution >= 4 is 28.2 Å². The van der Waals surface area contributed by atoms with Gasteiger partial charge in [0.15, 0.2) is 0 Å². The summed E-state index contributed by atoms with van der Waals surface area (Å²) in [5.74, 6) is 1.35. The fourth-order valence-electron chi connectivity index (χ4n) is 3.19. The minimum absolute atomic E-state index is 0.107. The van der Waals surface area contributed by atoms with Gasteiger partial charge in [0.25, 0.3) is 5.56 Å². The summed E-state index contributed by atoms with van der Waals surface area (Å²) in [6, 6.07) is 13.2. The van der Waals surface area contributed by atoms with Crippen molar-refractivity contribution in [3.05, 3.63) is 63.5 Å². The molecule has 0 radical (unpaired) electrons. The number of ether oxygens (including phenoxy) is 1. The van der Waals surface area contributed by atoms with Crippen molar-refractivity contribution in [3.63, 3.8) is 0 Å². The first kappa shape index (κ1) is 15.7. The molecule has 4 aromatic rings. The average molecular weight is 354 g/mol. The van der Waals surface area contributed by atoms with E-state index in [2.05, 4.69) is 4.98 Å². The van der Waals surface area contributed by atoms with Crippen molar-refractivity contribution in [2.75, 3.05) is 7.11 Å². The molecule has 0 saturated carbocycles. The SMILES string of the molecule is COc1ccc2c(c1)n(C)c(=O)c1c(C)nc(-c3ccccc3Cl)n12. The van der Waals surface area contributed by atoms with Gasteiger partial charge in [-0.2, -0.15) is 0 Å². The van der Waals surface area contributed by atoms with Gasteiger partial charge in [0.1, 0.15) is 17.1 Å². The maximum atomic E-state index is 12.9. The molecule has 0 aliphatic heterocycles. The predicted molar refractivity (Wildman–Crippen MR) is 99.7 cm³/mol. The fourth-order valence-corrected chi connectivity index (χ4v) is 3.41. The summed E-state index contributed by atoms with van der Waals surface area (Å²) < 4.78 is 8.81. The summed E-state index contributed by atoms with van der Waals surface area (Å²) in [7, 11) is 3.36. The summed E-state index contributed by atoms with van der Waals surface area (Å²) in [5, 5.41) is 0.594. The largest absolute Gasteiger partial charge is 0.497 e. The predicted octanol–water partition coefficient (Wildman–Crippen LogP) is 3.82. The van der Waals surface area contributed by atoms with Crippen LogP contribution >= 0.6 is 11.6 Å². The molecule has 0 bridgehead atoms. The van der Waals surface area contributed by atoms with E-state index in [1.807, 2.05) is 53.8 Å². The molecule has 2 aromatic heterocycles. The van der Waals surface area contributed by atoms with Gasteiger partial charge < -0.3 is 9.30 Å². The third-order valence-corrected chi connectivity index (χ3v) is 4.79. The minimum Gasteiger partial charge on any atom is -0.497 e. The number of benzene rings is 2. The van der Waals surface area contributed by atoms with Gasteiger partial charge in [-0.1, -0.05) is 23.7 Å². The molecule has 25 heavy (non-hydrogen) atoms. The van der Waals surface area contributed by atoms with Gasteiger partial charge in [-0.25, -0.2) is 4.98 Å². The van der Waals surface area contributed by atoms with Crippen LogP contribution in [-0.2, 0) is 7.05 Å². The Hall–Kier alpha value is -2.79. The van der Waals surface area contributed by atoms with Crippen LogP contribution in [0.3, 0.4) is 0 Å². The number of rotatable bonds is 2. The quantitative estimate of drug-likeness (QED) is 0.550. The van der Waals surface area contributed by atoms with E-state index in [0.717, 1.165) is 16.6 Å². The van der Waals surface area contributed by atoms with Crippen LogP contribution < -0.4 is 10.3 Å². The number of imidazole rings is 1. The van der Waals surface area contributed by atoms with Crippen molar-refractivity contribution < 1.29 is 4.74 Å². The molecule has 0 fully saturated rings. The van der Waals surface area contributed by atoms with Gasteiger partial charge in [-0.05, 0) is 31.2 Å². The number of halogens is 1. The van der Waals surface area contributed by atoms with Crippen LogP contribution in [0.4, 0.5) is 0 Å². The van der Waals surface area contributed by atoms with Gasteiger partial charge in [0, 0.05) is 18.7 Å². The number of hydrogen-bond donors (Lipinski definition) is 0. The molecule has 2 aromatic carbocycles. The van der Waals surface area contributed by atoms with E-state index in [1.54, 1.807) is 18.7 Å². The summed E-state index contributed by atoms with van der Waals surface area (Å²) >= 11 is 6.38. The molecular weight excluding hydrogens is 338 g/mol. The Bertz CT molecular complexity index is 1190. The zero-order chi connectivity index (χ0) is 17.7. The Morgan fingerprint density at radius 2 is 1.88 bits per heavy atom. The van der Waals surface area contributed by atoms with Crippen molar-refractivity contribution in [1.82, 2.24) is 14.0 Å². The Balaban J connectivity index is 2.24. The smallest absolute Gasteiger partial charge is 0.277 e. The normalized spacial score (nSPS) is 11.4. The van der Waals surface area contributed by atoms with Crippen molar-refractivity contribution in [2.45, 2.75) is 6.92 Å².